The molecule has 3 aliphatic rings. The maximum atomic E-state index is 12.6. The summed E-state index contributed by atoms with van der Waals surface area (Å²) in [6.07, 6.45) is 9.19. The van der Waals surface area contributed by atoms with Gasteiger partial charge >= 0.3 is 0 Å². The fourth-order valence-electron chi connectivity index (χ4n) is 4.26. The first-order valence-electron chi connectivity index (χ1n) is 7.01. The minimum atomic E-state index is -0.458. The van der Waals surface area contributed by atoms with Crippen molar-refractivity contribution in [2.45, 2.75) is 46.0 Å². The van der Waals surface area contributed by atoms with Crippen LogP contribution in [0.3, 0.4) is 0 Å². The first kappa shape index (κ1) is 11.9. The molecule has 3 atom stereocenters. The van der Waals surface area contributed by atoms with Gasteiger partial charge in [0.1, 0.15) is 0 Å². The van der Waals surface area contributed by atoms with Gasteiger partial charge < -0.3 is 0 Å². The Morgan fingerprint density at radius 2 is 2.00 bits per heavy atom. The Labute approximate surface area is 108 Å². The van der Waals surface area contributed by atoms with Gasteiger partial charge in [0, 0.05) is 11.3 Å². The van der Waals surface area contributed by atoms with Crippen LogP contribution in [0, 0.1) is 17.3 Å². The van der Waals surface area contributed by atoms with E-state index in [9.17, 15) is 9.59 Å². The first-order chi connectivity index (χ1) is 8.55. The molecule has 1 saturated carbocycles. The second-order valence-electron chi connectivity index (χ2n) is 6.21. The molecule has 2 nitrogen and oxygen atoms in total. The van der Waals surface area contributed by atoms with Crippen molar-refractivity contribution in [3.63, 3.8) is 0 Å². The standard InChI is InChI=1S/C16H20O2/c1-10-9-14(17)13-8-7-11-5-3-4-6-12(11)16(13,2)15(10)18/h7,9,12-13H,3-6,8H2,1-2H3/t12-,13-,16-/m0/s1. The SMILES string of the molecule is CC1=CC(=O)[C@@H]2CC=C3CCCC[C@@H]3[C@]2(C)C1=O. The lowest BCUT2D eigenvalue weighted by molar-refractivity contribution is -0.140. The lowest BCUT2D eigenvalue weighted by Gasteiger charge is -2.49. The van der Waals surface area contributed by atoms with Crippen LogP contribution in [0.15, 0.2) is 23.3 Å². The van der Waals surface area contributed by atoms with E-state index < -0.39 is 5.41 Å². The van der Waals surface area contributed by atoms with Gasteiger partial charge in [-0.2, -0.15) is 0 Å². The second-order valence-corrected chi connectivity index (χ2v) is 6.21. The van der Waals surface area contributed by atoms with E-state index in [-0.39, 0.29) is 17.5 Å². The third-order valence-electron chi connectivity index (χ3n) is 5.27. The molecule has 18 heavy (non-hydrogen) atoms. The summed E-state index contributed by atoms with van der Waals surface area (Å²) in [5, 5.41) is 0. The predicted octanol–water partition coefficient (Wildman–Crippen LogP) is 3.23. The topological polar surface area (TPSA) is 34.1 Å². The predicted molar refractivity (Wildman–Crippen MR) is 70.0 cm³/mol. The average molecular weight is 244 g/mol. The van der Waals surface area contributed by atoms with Crippen LogP contribution < -0.4 is 0 Å². The lowest BCUT2D eigenvalue weighted by Crippen LogP contribution is -2.51. The van der Waals surface area contributed by atoms with E-state index in [1.54, 1.807) is 13.0 Å². The zero-order valence-corrected chi connectivity index (χ0v) is 11.2. The number of carbonyl (C=O) groups excluding carboxylic acids is 2. The summed E-state index contributed by atoms with van der Waals surface area (Å²) in [5.74, 6) is 0.575. The van der Waals surface area contributed by atoms with E-state index in [0.29, 0.717) is 11.5 Å². The van der Waals surface area contributed by atoms with Crippen LogP contribution in [0.5, 0.6) is 0 Å². The van der Waals surface area contributed by atoms with Crippen LogP contribution in [0.1, 0.15) is 46.0 Å². The molecule has 1 fully saturated rings. The van der Waals surface area contributed by atoms with Gasteiger partial charge in [-0.1, -0.05) is 25.0 Å². The summed E-state index contributed by atoms with van der Waals surface area (Å²) in [5.41, 5.74) is 1.64. The average Bonchev–Trinajstić information content (AvgIpc) is 2.36. The highest BCUT2D eigenvalue weighted by molar-refractivity contribution is 6.12. The molecule has 0 aromatic heterocycles. The second kappa shape index (κ2) is 3.91. The molecule has 3 aliphatic carbocycles. The molecule has 0 spiro atoms. The Bertz CT molecular complexity index is 483. The third-order valence-corrected chi connectivity index (χ3v) is 5.27. The van der Waals surface area contributed by atoms with E-state index in [0.717, 1.165) is 19.3 Å². The summed E-state index contributed by atoms with van der Waals surface area (Å²) in [7, 11) is 0. The molecule has 0 N–H and O–H groups in total. The highest BCUT2D eigenvalue weighted by Gasteiger charge is 2.54. The molecule has 0 saturated heterocycles. The quantitative estimate of drug-likeness (QED) is 0.613. The maximum absolute atomic E-state index is 12.6. The van der Waals surface area contributed by atoms with E-state index in [1.165, 1.54) is 18.4 Å². The van der Waals surface area contributed by atoms with Crippen molar-refractivity contribution in [2.75, 3.05) is 0 Å². The van der Waals surface area contributed by atoms with Crippen LogP contribution in [0.4, 0.5) is 0 Å². The molecule has 0 heterocycles. The molecule has 0 aromatic carbocycles. The Kier molecular flexibility index (Phi) is 2.58. The summed E-state index contributed by atoms with van der Waals surface area (Å²) in [6, 6.07) is 0. The normalized spacial score (nSPS) is 39.7. The molecule has 96 valence electrons. The number of ketones is 2. The van der Waals surface area contributed by atoms with Crippen molar-refractivity contribution in [1.82, 2.24) is 0 Å². The van der Waals surface area contributed by atoms with Gasteiger partial charge in [-0.25, -0.2) is 0 Å². The summed E-state index contributed by atoms with van der Waals surface area (Å²) in [6.45, 7) is 3.83. The Morgan fingerprint density at radius 1 is 1.22 bits per heavy atom. The number of carbonyl (C=O) groups is 2. The molecule has 3 rings (SSSR count). The monoisotopic (exact) mass is 244 g/mol. The zero-order valence-electron chi connectivity index (χ0n) is 11.2. The molecule has 0 aliphatic heterocycles. The molecule has 2 heteroatoms. The number of fused-ring (bicyclic) bond motifs is 3. The van der Waals surface area contributed by atoms with Crippen LogP contribution in [-0.4, -0.2) is 11.6 Å². The fourth-order valence-corrected chi connectivity index (χ4v) is 4.26. The van der Waals surface area contributed by atoms with Crippen molar-refractivity contribution in [2.24, 2.45) is 17.3 Å². The minimum absolute atomic E-state index is 0.111. The summed E-state index contributed by atoms with van der Waals surface area (Å²) < 4.78 is 0. The first-order valence-corrected chi connectivity index (χ1v) is 7.01. The van der Waals surface area contributed by atoms with Gasteiger partial charge in [-0.05, 0) is 50.2 Å². The number of hydrogen-bond acceptors (Lipinski definition) is 2. The van der Waals surface area contributed by atoms with E-state index >= 15 is 0 Å². The van der Waals surface area contributed by atoms with Crippen molar-refractivity contribution in [1.29, 1.82) is 0 Å². The van der Waals surface area contributed by atoms with Gasteiger partial charge in [0.05, 0.1) is 0 Å². The summed E-state index contributed by atoms with van der Waals surface area (Å²) >= 11 is 0. The van der Waals surface area contributed by atoms with Crippen molar-refractivity contribution < 1.29 is 9.59 Å². The highest BCUT2D eigenvalue weighted by Crippen LogP contribution is 2.54. The molecule has 0 amide bonds. The van der Waals surface area contributed by atoms with Crippen molar-refractivity contribution in [3.05, 3.63) is 23.3 Å². The molecule has 0 unspecified atom stereocenters. The number of rotatable bonds is 0. The van der Waals surface area contributed by atoms with Crippen molar-refractivity contribution >= 4 is 11.6 Å². The largest absolute Gasteiger partial charge is 0.294 e. The molecule has 0 aromatic rings. The molecular formula is C16H20O2. The fraction of sp³-hybridized carbons (Fsp3) is 0.625. The number of hydrogen-bond donors (Lipinski definition) is 0. The van der Waals surface area contributed by atoms with Gasteiger partial charge in [0.2, 0.25) is 0 Å². The zero-order chi connectivity index (χ0) is 12.9. The van der Waals surface area contributed by atoms with E-state index in [2.05, 4.69) is 6.08 Å². The lowest BCUT2D eigenvalue weighted by atomic mass is 9.52. The van der Waals surface area contributed by atoms with E-state index in [1.807, 2.05) is 6.92 Å². The molecule has 0 radical (unpaired) electrons. The number of allylic oxidation sites excluding steroid dienone is 4. The Hall–Kier alpha value is -1.18. The summed E-state index contributed by atoms with van der Waals surface area (Å²) in [4.78, 5) is 24.8. The van der Waals surface area contributed by atoms with Gasteiger partial charge in [0.15, 0.2) is 11.6 Å². The van der Waals surface area contributed by atoms with Crippen LogP contribution in [-0.2, 0) is 9.59 Å². The van der Waals surface area contributed by atoms with Gasteiger partial charge in [-0.15, -0.1) is 0 Å². The van der Waals surface area contributed by atoms with Crippen LogP contribution >= 0.6 is 0 Å². The number of Topliss-reactive ketones (excluding diaryl/α,β-unsaturated/α-hetero) is 1. The van der Waals surface area contributed by atoms with E-state index in [4.69, 9.17) is 0 Å². The highest BCUT2D eigenvalue weighted by atomic mass is 16.1. The van der Waals surface area contributed by atoms with Crippen LogP contribution in [0.2, 0.25) is 0 Å². The van der Waals surface area contributed by atoms with Crippen molar-refractivity contribution in [3.8, 4) is 0 Å². The van der Waals surface area contributed by atoms with Crippen LogP contribution in [0.25, 0.3) is 0 Å². The third kappa shape index (κ3) is 1.41. The molecular weight excluding hydrogens is 224 g/mol. The smallest absolute Gasteiger partial charge is 0.165 e. The van der Waals surface area contributed by atoms with Gasteiger partial charge in [0.25, 0.3) is 0 Å². The Morgan fingerprint density at radius 3 is 2.78 bits per heavy atom. The molecule has 0 bridgehead atoms. The Balaban J connectivity index is 2.11. The minimum Gasteiger partial charge on any atom is -0.294 e. The maximum Gasteiger partial charge on any atom is 0.165 e. The van der Waals surface area contributed by atoms with Gasteiger partial charge in [-0.3, -0.25) is 9.59 Å².